The first-order chi connectivity index (χ1) is 19.0. The summed E-state index contributed by atoms with van der Waals surface area (Å²) in [6, 6.07) is 22.8. The van der Waals surface area contributed by atoms with Crippen molar-refractivity contribution in [2.45, 2.75) is 38.5 Å². The molecular formula is C29H29ClN6O3. The Morgan fingerprint density at radius 1 is 1.08 bits per heavy atom. The first-order valence-corrected chi connectivity index (χ1v) is 13.2. The molecule has 3 aromatic carbocycles. The zero-order valence-corrected chi connectivity index (χ0v) is 22.3. The van der Waals surface area contributed by atoms with Crippen LogP contribution >= 0.6 is 11.6 Å². The number of halogens is 1. The Hall–Kier alpha value is -4.08. The summed E-state index contributed by atoms with van der Waals surface area (Å²) in [7, 11) is 0. The second-order valence-corrected chi connectivity index (χ2v) is 9.88. The molecule has 0 aliphatic carbocycles. The molecule has 200 valence electrons. The van der Waals surface area contributed by atoms with Crippen LogP contribution in [0.2, 0.25) is 5.02 Å². The molecule has 0 bridgehead atoms. The molecule has 39 heavy (non-hydrogen) atoms. The van der Waals surface area contributed by atoms with Crippen molar-refractivity contribution in [3.05, 3.63) is 95.0 Å². The fraction of sp³-hybridized carbons (Fsp3) is 0.276. The molecule has 4 aromatic rings. The molecule has 2 heterocycles. The van der Waals surface area contributed by atoms with Crippen molar-refractivity contribution in [3.8, 4) is 11.4 Å². The lowest BCUT2D eigenvalue weighted by Crippen LogP contribution is -2.46. The average Bonchev–Trinajstić information content (AvgIpc) is 3.64. The van der Waals surface area contributed by atoms with Crippen molar-refractivity contribution in [1.29, 1.82) is 0 Å². The van der Waals surface area contributed by atoms with Gasteiger partial charge in [0.15, 0.2) is 0 Å². The van der Waals surface area contributed by atoms with Crippen LogP contribution in [0.25, 0.3) is 11.4 Å². The van der Waals surface area contributed by atoms with Gasteiger partial charge in [0, 0.05) is 29.4 Å². The standard InChI is InChI=1S/C29H29ClN6O3/c1-20-9-11-22(12-10-20)28-32-34-35(33-28)19-26(37)36(24-6-3-2-4-7-24)27(21-13-15-23(30)16-14-21)29(38)31-18-25-8-5-17-39-25/h2-4,6-7,9-16,25,27H,5,8,17-19H2,1H3,(H,31,38)/t25-,27-/m0/s1. The van der Waals surface area contributed by atoms with E-state index < -0.39 is 6.04 Å². The topological polar surface area (TPSA) is 102 Å². The van der Waals surface area contributed by atoms with E-state index in [9.17, 15) is 9.59 Å². The molecule has 0 radical (unpaired) electrons. The molecule has 10 heteroatoms. The van der Waals surface area contributed by atoms with Gasteiger partial charge in [-0.3, -0.25) is 14.5 Å². The minimum absolute atomic E-state index is 0.0414. The molecule has 5 rings (SSSR count). The number of benzene rings is 3. The Morgan fingerprint density at radius 2 is 1.82 bits per heavy atom. The Labute approximate surface area is 231 Å². The smallest absolute Gasteiger partial charge is 0.251 e. The van der Waals surface area contributed by atoms with E-state index in [1.54, 1.807) is 36.4 Å². The van der Waals surface area contributed by atoms with Crippen LogP contribution in [0.4, 0.5) is 5.69 Å². The van der Waals surface area contributed by atoms with Gasteiger partial charge in [-0.25, -0.2) is 0 Å². The lowest BCUT2D eigenvalue weighted by molar-refractivity contribution is -0.127. The Bertz CT molecular complexity index is 1400. The van der Waals surface area contributed by atoms with Crippen LogP contribution < -0.4 is 10.2 Å². The minimum atomic E-state index is -0.960. The molecule has 1 saturated heterocycles. The van der Waals surface area contributed by atoms with Crippen molar-refractivity contribution in [3.63, 3.8) is 0 Å². The highest BCUT2D eigenvalue weighted by Gasteiger charge is 2.34. The summed E-state index contributed by atoms with van der Waals surface area (Å²) in [6.07, 6.45) is 1.81. The highest BCUT2D eigenvalue weighted by Crippen LogP contribution is 2.29. The molecule has 1 aliphatic heterocycles. The van der Waals surface area contributed by atoms with Crippen molar-refractivity contribution in [2.24, 2.45) is 0 Å². The lowest BCUT2D eigenvalue weighted by atomic mass is 10.0. The van der Waals surface area contributed by atoms with Crippen LogP contribution in [0.5, 0.6) is 0 Å². The molecule has 1 aliphatic rings. The summed E-state index contributed by atoms with van der Waals surface area (Å²) >= 11 is 6.15. The van der Waals surface area contributed by atoms with Gasteiger partial charge in [-0.2, -0.15) is 4.80 Å². The van der Waals surface area contributed by atoms with Crippen molar-refractivity contribution < 1.29 is 14.3 Å². The summed E-state index contributed by atoms with van der Waals surface area (Å²) < 4.78 is 5.68. The third-order valence-electron chi connectivity index (χ3n) is 6.56. The van der Waals surface area contributed by atoms with Gasteiger partial charge in [-0.05, 0) is 54.8 Å². The third-order valence-corrected chi connectivity index (χ3v) is 6.81. The third kappa shape index (κ3) is 6.50. The number of anilines is 1. The number of rotatable bonds is 9. The van der Waals surface area contributed by atoms with Crippen molar-refractivity contribution in [1.82, 2.24) is 25.5 Å². The van der Waals surface area contributed by atoms with E-state index in [0.29, 0.717) is 35.2 Å². The molecule has 1 N–H and O–H groups in total. The van der Waals surface area contributed by atoms with Crippen LogP contribution in [0.1, 0.15) is 30.0 Å². The number of nitrogens with zero attached hydrogens (tertiary/aromatic N) is 5. The SMILES string of the molecule is Cc1ccc(-c2nnn(CC(=O)N(c3ccccc3)[C@H](C(=O)NC[C@@H]3CCCO3)c3ccc(Cl)cc3)n2)cc1. The normalized spacial score (nSPS) is 15.6. The van der Waals surface area contributed by atoms with Gasteiger partial charge in [-0.15, -0.1) is 10.2 Å². The van der Waals surface area contributed by atoms with Gasteiger partial charge >= 0.3 is 0 Å². The summed E-state index contributed by atoms with van der Waals surface area (Å²) in [5.41, 5.74) is 3.10. The predicted octanol–water partition coefficient (Wildman–Crippen LogP) is 4.37. The number of carbonyl (C=O) groups excluding carboxylic acids is 2. The van der Waals surface area contributed by atoms with Crippen LogP contribution in [-0.2, 0) is 20.9 Å². The Kier molecular flexibility index (Phi) is 8.29. The summed E-state index contributed by atoms with van der Waals surface area (Å²) in [5, 5.41) is 16.2. The average molecular weight is 545 g/mol. The first-order valence-electron chi connectivity index (χ1n) is 12.8. The number of nitrogens with one attached hydrogen (secondary N) is 1. The summed E-state index contributed by atoms with van der Waals surface area (Å²) in [5.74, 6) is -0.282. The fourth-order valence-electron chi connectivity index (χ4n) is 4.53. The predicted molar refractivity (Wildman–Crippen MR) is 148 cm³/mol. The number of para-hydroxylation sites is 1. The van der Waals surface area contributed by atoms with Crippen LogP contribution in [0.3, 0.4) is 0 Å². The molecule has 0 spiro atoms. The van der Waals surface area contributed by atoms with E-state index in [2.05, 4.69) is 20.7 Å². The number of carbonyl (C=O) groups is 2. The zero-order valence-electron chi connectivity index (χ0n) is 21.5. The number of amides is 2. The highest BCUT2D eigenvalue weighted by atomic mass is 35.5. The number of aromatic nitrogens is 4. The van der Waals surface area contributed by atoms with E-state index >= 15 is 0 Å². The van der Waals surface area contributed by atoms with Gasteiger partial charge in [-0.1, -0.05) is 71.8 Å². The maximum absolute atomic E-state index is 13.9. The molecule has 1 fully saturated rings. The quantitative estimate of drug-likeness (QED) is 0.336. The number of aryl methyl sites for hydroxylation is 1. The van der Waals surface area contributed by atoms with Gasteiger partial charge < -0.3 is 10.1 Å². The van der Waals surface area contributed by atoms with Gasteiger partial charge in [0.05, 0.1) is 6.10 Å². The molecule has 9 nitrogen and oxygen atoms in total. The maximum Gasteiger partial charge on any atom is 0.251 e. The lowest BCUT2D eigenvalue weighted by Gasteiger charge is -2.31. The zero-order chi connectivity index (χ0) is 27.2. The fourth-order valence-corrected chi connectivity index (χ4v) is 4.66. The minimum Gasteiger partial charge on any atom is -0.376 e. The molecule has 1 aromatic heterocycles. The molecule has 0 saturated carbocycles. The first kappa shape index (κ1) is 26.5. The molecular weight excluding hydrogens is 516 g/mol. The Morgan fingerprint density at radius 3 is 2.51 bits per heavy atom. The second-order valence-electron chi connectivity index (χ2n) is 9.44. The van der Waals surface area contributed by atoms with E-state index in [1.807, 2.05) is 49.4 Å². The van der Waals surface area contributed by atoms with E-state index in [1.165, 1.54) is 9.70 Å². The monoisotopic (exact) mass is 544 g/mol. The number of hydrogen-bond donors (Lipinski definition) is 1. The van der Waals surface area contributed by atoms with Crippen LogP contribution in [-0.4, -0.2) is 51.3 Å². The van der Waals surface area contributed by atoms with E-state index in [-0.39, 0.29) is 24.5 Å². The van der Waals surface area contributed by atoms with Crippen molar-refractivity contribution >= 4 is 29.1 Å². The van der Waals surface area contributed by atoms with Crippen LogP contribution in [0.15, 0.2) is 78.9 Å². The van der Waals surface area contributed by atoms with Gasteiger partial charge in [0.25, 0.3) is 5.91 Å². The van der Waals surface area contributed by atoms with E-state index in [4.69, 9.17) is 16.3 Å². The van der Waals surface area contributed by atoms with Crippen molar-refractivity contribution in [2.75, 3.05) is 18.1 Å². The second kappa shape index (κ2) is 12.2. The summed E-state index contributed by atoms with van der Waals surface area (Å²) in [4.78, 5) is 30.4. The number of tetrazole rings is 1. The summed E-state index contributed by atoms with van der Waals surface area (Å²) in [6.45, 7) is 2.84. The molecule has 2 amide bonds. The Balaban J connectivity index is 1.45. The molecule has 0 unspecified atom stereocenters. The van der Waals surface area contributed by atoms with Crippen LogP contribution in [0, 0.1) is 6.92 Å². The van der Waals surface area contributed by atoms with E-state index in [0.717, 1.165) is 24.0 Å². The maximum atomic E-state index is 13.9. The number of hydrogen-bond acceptors (Lipinski definition) is 6. The molecule has 2 atom stereocenters. The number of ether oxygens (including phenoxy) is 1. The van der Waals surface area contributed by atoms with Gasteiger partial charge in [0.2, 0.25) is 11.7 Å². The van der Waals surface area contributed by atoms with Gasteiger partial charge in [0.1, 0.15) is 12.6 Å². The highest BCUT2D eigenvalue weighted by molar-refractivity contribution is 6.30. The largest absolute Gasteiger partial charge is 0.376 e.